The smallest absolute Gasteiger partial charge is 0.356 e. The molecule has 0 aromatic heterocycles. The quantitative estimate of drug-likeness (QED) is 0.0885. The monoisotopic (exact) mass is 764 g/mol. The van der Waals surface area contributed by atoms with E-state index in [9.17, 15) is 31.2 Å². The van der Waals surface area contributed by atoms with E-state index in [2.05, 4.69) is 5.32 Å². The van der Waals surface area contributed by atoms with Crippen LogP contribution in [0.2, 0.25) is 0 Å². The van der Waals surface area contributed by atoms with Crippen molar-refractivity contribution in [3.8, 4) is 0 Å². The molecule has 0 saturated heterocycles. The Balaban J connectivity index is 1.02. The number of nitrogens with one attached hydrogen (secondary N) is 3. The molecular formula is C35H52N6O9S2. The number of nitrogens with zero attached hydrogens (tertiary/aromatic N) is 2. The van der Waals surface area contributed by atoms with E-state index in [1.54, 1.807) is 13.8 Å². The first-order chi connectivity index (χ1) is 24.4. The summed E-state index contributed by atoms with van der Waals surface area (Å²) in [4.78, 5) is 42.6. The Kier molecular flexibility index (Phi) is 9.99. The van der Waals surface area contributed by atoms with Crippen molar-refractivity contribution < 1.29 is 40.7 Å². The van der Waals surface area contributed by atoms with Crippen molar-refractivity contribution in [2.24, 2.45) is 5.73 Å². The summed E-state index contributed by atoms with van der Waals surface area (Å²) in [5.41, 5.74) is 6.44. The summed E-state index contributed by atoms with van der Waals surface area (Å²) in [6.45, 7) is 6.61. The molecule has 288 valence electrons. The molecule has 4 aliphatic carbocycles. The summed E-state index contributed by atoms with van der Waals surface area (Å²) >= 11 is 0. The summed E-state index contributed by atoms with van der Waals surface area (Å²) in [5.74, 6) is -2.21. The highest BCUT2D eigenvalue weighted by Gasteiger charge is 2.66. The first kappa shape index (κ1) is 38.4. The number of carbonyl (C=O) groups is 3. The van der Waals surface area contributed by atoms with E-state index in [4.69, 9.17) is 26.0 Å². The molecule has 2 heterocycles. The number of carbonyl (C=O) groups excluding carboxylic acids is 3. The maximum absolute atomic E-state index is 13.8. The summed E-state index contributed by atoms with van der Waals surface area (Å²) in [5, 5.41) is 19.9. The van der Waals surface area contributed by atoms with Gasteiger partial charge in [-0.3, -0.25) is 20.5 Å². The second kappa shape index (κ2) is 13.5. The molecule has 6 aliphatic rings. The number of amides is 1. The maximum Gasteiger partial charge on any atom is 0.356 e. The molecule has 0 bridgehead atoms. The van der Waals surface area contributed by atoms with Gasteiger partial charge < -0.3 is 25.4 Å². The average molecular weight is 765 g/mol. The molecule has 0 aromatic rings. The number of ether oxygens (including phenoxy) is 2. The predicted molar refractivity (Wildman–Crippen MR) is 193 cm³/mol. The first-order valence-corrected chi connectivity index (χ1v) is 21.3. The number of hydrogen-bond donors (Lipinski definition) is 4. The number of rotatable bonds is 18. The van der Waals surface area contributed by atoms with Crippen LogP contribution in [0.5, 0.6) is 0 Å². The van der Waals surface area contributed by atoms with E-state index >= 15 is 0 Å². The first-order valence-electron chi connectivity index (χ1n) is 18.3. The van der Waals surface area contributed by atoms with Gasteiger partial charge in [0.05, 0.1) is 32.2 Å². The highest BCUT2D eigenvalue weighted by Crippen LogP contribution is 2.57. The second-order valence-corrected chi connectivity index (χ2v) is 21.7. The summed E-state index contributed by atoms with van der Waals surface area (Å²) in [7, 11) is -6.73. The lowest BCUT2D eigenvalue weighted by Gasteiger charge is -2.34. The van der Waals surface area contributed by atoms with E-state index in [0.29, 0.717) is 82.1 Å². The van der Waals surface area contributed by atoms with E-state index < -0.39 is 62.2 Å². The lowest BCUT2D eigenvalue weighted by atomic mass is 9.99. The van der Waals surface area contributed by atoms with Gasteiger partial charge >= 0.3 is 11.9 Å². The van der Waals surface area contributed by atoms with Crippen molar-refractivity contribution >= 4 is 48.9 Å². The van der Waals surface area contributed by atoms with Crippen LogP contribution in [0.3, 0.4) is 0 Å². The van der Waals surface area contributed by atoms with Crippen molar-refractivity contribution in [3.05, 3.63) is 22.5 Å². The zero-order valence-corrected chi connectivity index (χ0v) is 32.0. The Labute approximate surface area is 305 Å². The minimum absolute atomic E-state index is 0.0194. The van der Waals surface area contributed by atoms with Crippen molar-refractivity contribution in [1.82, 2.24) is 15.1 Å². The van der Waals surface area contributed by atoms with Gasteiger partial charge in [0, 0.05) is 56.1 Å². The van der Waals surface area contributed by atoms with Crippen LogP contribution in [0.4, 0.5) is 0 Å². The predicted octanol–water partition coefficient (Wildman–Crippen LogP) is 1.52. The van der Waals surface area contributed by atoms with E-state index in [1.807, 2.05) is 11.8 Å². The fraction of sp³-hybridized carbons (Fsp3) is 0.743. The number of esters is 2. The van der Waals surface area contributed by atoms with Gasteiger partial charge in [0.1, 0.15) is 17.1 Å². The average Bonchev–Trinajstić information content (AvgIpc) is 3.88. The normalized spacial score (nSPS) is 24.2. The topological polar surface area (TPSA) is 230 Å². The minimum atomic E-state index is -3.46. The molecule has 0 spiro atoms. The fourth-order valence-corrected chi connectivity index (χ4v) is 12.9. The van der Waals surface area contributed by atoms with Gasteiger partial charge in [-0.25, -0.2) is 26.4 Å². The molecular weight excluding hydrogens is 713 g/mol. The number of nitrogens with two attached hydrogens (primary N) is 1. The number of sulfone groups is 2. The minimum Gasteiger partial charge on any atom is -0.461 e. The molecule has 0 atom stereocenters. The van der Waals surface area contributed by atoms with Crippen LogP contribution < -0.4 is 11.1 Å². The largest absolute Gasteiger partial charge is 0.461 e. The highest BCUT2D eigenvalue weighted by atomic mass is 32.2. The van der Waals surface area contributed by atoms with Crippen LogP contribution in [0.1, 0.15) is 91.4 Å². The van der Waals surface area contributed by atoms with Gasteiger partial charge in [-0.1, -0.05) is 0 Å². The standard InChI is InChI=1S/C35H52N6O9S2/c1-4-49-30(43)27(38)24-7-18-41(22-35(14-15-35)52(47,48)33(3)10-11-33)29(42)28(24)39-16-5-19-50-31(44)26(37)23-6-17-40(20-25(23)36)21-34(12-13-34)51(45,46)32(2)8-9-32/h37-39H,4-22,36H2,1-3H3. The third-order valence-corrected chi connectivity index (χ3v) is 18.8. The Hall–Kier alpha value is -3.31. The molecule has 4 saturated carbocycles. The lowest BCUT2D eigenvalue weighted by Crippen LogP contribution is -2.50. The van der Waals surface area contributed by atoms with Gasteiger partial charge in [0.25, 0.3) is 5.91 Å². The third kappa shape index (κ3) is 6.80. The summed E-state index contributed by atoms with van der Waals surface area (Å²) < 4.78 is 60.7. The molecule has 6 rings (SSSR count). The molecule has 0 unspecified atom stereocenters. The van der Waals surface area contributed by atoms with Crippen molar-refractivity contribution in [3.63, 3.8) is 0 Å². The Morgan fingerprint density at radius 1 is 0.808 bits per heavy atom. The van der Waals surface area contributed by atoms with Crippen molar-refractivity contribution in [2.45, 2.75) is 110 Å². The van der Waals surface area contributed by atoms with E-state index in [1.165, 1.54) is 4.90 Å². The van der Waals surface area contributed by atoms with Crippen molar-refractivity contribution in [2.75, 3.05) is 52.5 Å². The van der Waals surface area contributed by atoms with Crippen LogP contribution in [0.25, 0.3) is 0 Å². The fourth-order valence-electron chi connectivity index (χ4n) is 7.58. The number of hydrogen-bond acceptors (Lipinski definition) is 14. The van der Waals surface area contributed by atoms with Crippen LogP contribution >= 0.6 is 0 Å². The maximum atomic E-state index is 13.8. The van der Waals surface area contributed by atoms with Crippen molar-refractivity contribution in [1.29, 1.82) is 10.8 Å². The van der Waals surface area contributed by atoms with Crippen LogP contribution in [-0.2, 0) is 43.5 Å². The van der Waals surface area contributed by atoms with Gasteiger partial charge in [0.15, 0.2) is 19.7 Å². The van der Waals surface area contributed by atoms with E-state index in [0.717, 1.165) is 0 Å². The Morgan fingerprint density at radius 3 is 1.85 bits per heavy atom. The van der Waals surface area contributed by atoms with Gasteiger partial charge in [-0.2, -0.15) is 0 Å². The molecule has 0 aromatic carbocycles. The van der Waals surface area contributed by atoms with Gasteiger partial charge in [-0.05, 0) is 91.4 Å². The third-order valence-electron chi connectivity index (χ3n) is 12.0. The molecule has 5 N–H and O–H groups in total. The molecule has 4 fully saturated rings. The molecule has 0 radical (unpaired) electrons. The molecule has 1 amide bonds. The Morgan fingerprint density at radius 2 is 1.33 bits per heavy atom. The summed E-state index contributed by atoms with van der Waals surface area (Å²) in [6, 6.07) is 0. The Bertz CT molecular complexity index is 1850. The van der Waals surface area contributed by atoms with Crippen LogP contribution in [0, 0.1) is 10.8 Å². The molecule has 2 aliphatic heterocycles. The lowest BCUT2D eigenvalue weighted by molar-refractivity contribution is -0.136. The van der Waals surface area contributed by atoms with Crippen LogP contribution in [0.15, 0.2) is 22.5 Å². The van der Waals surface area contributed by atoms with Gasteiger partial charge in [-0.15, -0.1) is 0 Å². The molecule has 52 heavy (non-hydrogen) atoms. The molecule has 15 nitrogen and oxygen atoms in total. The van der Waals surface area contributed by atoms with E-state index in [-0.39, 0.29) is 69.2 Å². The SMILES string of the molecule is CCOC(=O)C(=N)C1=C(NCCCOC(=O)C(=N)C2=C(N)CN(CC3(S(=O)(=O)C4(C)CC4)CC3)CC2)C(=O)N(CC2(S(=O)(=O)C3(C)CC3)CC2)CC1. The van der Waals surface area contributed by atoms with Crippen LogP contribution in [-0.4, -0.2) is 127 Å². The second-order valence-electron chi connectivity index (χ2n) is 16.0. The van der Waals surface area contributed by atoms with Gasteiger partial charge in [0.2, 0.25) is 0 Å². The molecule has 17 heteroatoms. The summed E-state index contributed by atoms with van der Waals surface area (Å²) in [6.07, 6.45) is 5.57. The zero-order chi connectivity index (χ0) is 37.9. The zero-order valence-electron chi connectivity index (χ0n) is 30.4. The highest BCUT2D eigenvalue weighted by molar-refractivity contribution is 7.95.